The number of sulfonamides is 1. The van der Waals surface area contributed by atoms with Gasteiger partial charge in [0.2, 0.25) is 0 Å². The monoisotopic (exact) mass is 697 g/mol. The maximum atomic E-state index is 13.6. The molecule has 1 saturated heterocycles. The summed E-state index contributed by atoms with van der Waals surface area (Å²) < 4.78 is 57.7. The summed E-state index contributed by atoms with van der Waals surface area (Å²) >= 11 is 0. The fourth-order valence-electron chi connectivity index (χ4n) is 5.77. The Labute approximate surface area is 275 Å². The molecule has 0 bridgehead atoms. The van der Waals surface area contributed by atoms with Gasteiger partial charge in [0.05, 0.1) is 60.1 Å². The summed E-state index contributed by atoms with van der Waals surface area (Å²) in [6, 6.07) is 7.26. The summed E-state index contributed by atoms with van der Waals surface area (Å²) in [7, 11) is -3.05. The molecule has 1 heterocycles. The Balaban J connectivity index is 2.24. The zero-order valence-electron chi connectivity index (χ0n) is 27.5. The number of benzene rings is 2. The van der Waals surface area contributed by atoms with Crippen molar-refractivity contribution in [2.45, 2.75) is 74.8 Å². The number of nitro groups is 1. The van der Waals surface area contributed by atoms with Crippen LogP contribution < -0.4 is 9.46 Å². The van der Waals surface area contributed by atoms with Crippen LogP contribution in [-0.2, 0) is 35.1 Å². The second-order valence-electron chi connectivity index (χ2n) is 11.3. The van der Waals surface area contributed by atoms with Gasteiger partial charge in [-0.05, 0) is 41.9 Å². The first-order valence-electron chi connectivity index (χ1n) is 15.0. The van der Waals surface area contributed by atoms with Crippen LogP contribution in [0.3, 0.4) is 0 Å². The fourth-order valence-corrected chi connectivity index (χ4v) is 10.4. The van der Waals surface area contributed by atoms with Crippen LogP contribution in [0.4, 0.5) is 16.2 Å². The van der Waals surface area contributed by atoms with Gasteiger partial charge in [0.25, 0.3) is 15.7 Å². The highest BCUT2D eigenvalue weighted by atomic mass is 32.2. The molecule has 1 amide bonds. The van der Waals surface area contributed by atoms with Crippen molar-refractivity contribution in [1.82, 2.24) is 4.90 Å². The van der Waals surface area contributed by atoms with E-state index in [0.717, 1.165) is 36.4 Å². The van der Waals surface area contributed by atoms with E-state index >= 15 is 0 Å². The van der Waals surface area contributed by atoms with Crippen molar-refractivity contribution in [2.24, 2.45) is 0 Å². The first kappa shape index (κ1) is 37.7. The summed E-state index contributed by atoms with van der Waals surface area (Å²) in [5.74, 6) is -0.689. The van der Waals surface area contributed by atoms with Crippen LogP contribution in [0.15, 0.2) is 41.3 Å². The number of ether oxygens (including phenoxy) is 4. The van der Waals surface area contributed by atoms with Crippen molar-refractivity contribution in [3.63, 3.8) is 0 Å². The smallest absolute Gasteiger partial charge is 0.410 e. The molecule has 2 N–H and O–H groups in total. The number of carbonyl (C=O) groups excluding carboxylic acids is 2. The molecule has 0 spiro atoms. The number of nitrogens with one attached hydrogen (secondary N) is 1. The molecule has 3 atom stereocenters. The highest BCUT2D eigenvalue weighted by molar-refractivity contribution is 7.92. The first-order chi connectivity index (χ1) is 22.2. The van der Waals surface area contributed by atoms with Gasteiger partial charge in [-0.25, -0.2) is 18.0 Å². The van der Waals surface area contributed by atoms with Crippen LogP contribution in [-0.4, -0.2) is 96.6 Å². The Morgan fingerprint density at radius 1 is 1.09 bits per heavy atom. The lowest BCUT2D eigenvalue weighted by Gasteiger charge is -2.37. The number of aliphatic hydroxyl groups is 1. The Kier molecular flexibility index (Phi) is 12.7. The van der Waals surface area contributed by atoms with Crippen LogP contribution >= 0.6 is 0 Å². The lowest BCUT2D eigenvalue weighted by Crippen LogP contribution is -2.46. The minimum absolute atomic E-state index is 0.0191. The third kappa shape index (κ3) is 8.39. The Hall–Kier alpha value is -3.77. The van der Waals surface area contributed by atoms with E-state index in [2.05, 4.69) is 18.6 Å². The molecule has 1 aliphatic rings. The molecule has 3 rings (SSSR count). The summed E-state index contributed by atoms with van der Waals surface area (Å²) in [5, 5.41) is 21.3. The largest absolute Gasteiger partial charge is 0.467 e. The molecular weight excluding hydrogens is 654 g/mol. The third-order valence-corrected chi connectivity index (χ3v) is 15.2. The standard InChI is InChI=1S/C30H43N3O12SSi/c1-8-47(9-2,19(3)4)45-27(28-25(17-34)32(28)30(36)43-7)16-23-24(14-20(29(35)42-6)15-26(23)44-18-41-5)31-46(39,40)22-12-10-21(11-13-22)33(37)38/h10-15,19,25,27-28,31,34H,8-9,16-18H2,1-7H3/t25-,27?,28-,32?/m0/s1. The van der Waals surface area contributed by atoms with Gasteiger partial charge in [-0.2, -0.15) is 0 Å². The van der Waals surface area contributed by atoms with Crippen LogP contribution in [0.25, 0.3) is 0 Å². The number of hydrogen-bond acceptors (Lipinski definition) is 12. The summed E-state index contributed by atoms with van der Waals surface area (Å²) in [6.45, 7) is 7.62. The minimum Gasteiger partial charge on any atom is -0.467 e. The van der Waals surface area contributed by atoms with Crippen molar-refractivity contribution in [2.75, 3.05) is 39.5 Å². The van der Waals surface area contributed by atoms with Crippen LogP contribution in [0.2, 0.25) is 17.6 Å². The predicted octanol–water partition coefficient (Wildman–Crippen LogP) is 4.30. The van der Waals surface area contributed by atoms with Gasteiger partial charge in [-0.15, -0.1) is 0 Å². The number of non-ortho nitro benzene ring substituents is 1. The van der Waals surface area contributed by atoms with E-state index in [9.17, 15) is 33.2 Å². The number of rotatable bonds is 17. The molecule has 47 heavy (non-hydrogen) atoms. The molecular formula is C30H43N3O12SSi. The molecule has 1 aliphatic heterocycles. The van der Waals surface area contributed by atoms with E-state index in [1.807, 2.05) is 13.8 Å². The first-order valence-corrected chi connectivity index (χ1v) is 18.9. The van der Waals surface area contributed by atoms with Gasteiger partial charge in [-0.1, -0.05) is 27.7 Å². The van der Waals surface area contributed by atoms with Crippen molar-refractivity contribution >= 4 is 41.8 Å². The van der Waals surface area contributed by atoms with Crippen molar-refractivity contribution in [3.05, 3.63) is 57.6 Å². The van der Waals surface area contributed by atoms with E-state index in [-0.39, 0.29) is 58.5 Å². The highest BCUT2D eigenvalue weighted by Gasteiger charge is 2.57. The van der Waals surface area contributed by atoms with Gasteiger partial charge in [0.1, 0.15) is 5.75 Å². The molecule has 0 aliphatic carbocycles. The maximum Gasteiger partial charge on any atom is 0.410 e. The molecule has 15 nitrogen and oxygen atoms in total. The zero-order chi connectivity index (χ0) is 35.1. The quantitative estimate of drug-likeness (QED) is 0.0596. The second-order valence-corrected chi connectivity index (χ2v) is 17.9. The average Bonchev–Trinajstić information content (AvgIpc) is 3.80. The lowest BCUT2D eigenvalue weighted by atomic mass is 9.99. The zero-order valence-corrected chi connectivity index (χ0v) is 29.4. The average molecular weight is 698 g/mol. The number of nitro benzene ring substituents is 1. The SMILES string of the molecule is CC[Si](CC)(OC(Cc1c(NS(=O)(=O)c2ccc([N+](=O)[O-])cc2)cc(C(=O)OC)cc1OCOC)[C@@H]1[C@H](CO)N1C(=O)OC)C(C)C. The number of esters is 1. The summed E-state index contributed by atoms with van der Waals surface area (Å²) in [5.41, 5.74) is 0.0586. The number of hydrogen-bond donors (Lipinski definition) is 2. The number of anilines is 1. The van der Waals surface area contributed by atoms with Crippen molar-refractivity contribution in [3.8, 4) is 5.75 Å². The number of nitrogens with zero attached hydrogens (tertiary/aromatic N) is 2. The molecule has 2 aromatic carbocycles. The molecule has 1 fully saturated rings. The molecule has 1 unspecified atom stereocenters. The Morgan fingerprint density at radius 3 is 2.21 bits per heavy atom. The van der Waals surface area contributed by atoms with E-state index in [4.69, 9.17) is 23.4 Å². The van der Waals surface area contributed by atoms with Gasteiger partial charge >= 0.3 is 12.1 Å². The predicted molar refractivity (Wildman–Crippen MR) is 173 cm³/mol. The Bertz CT molecular complexity index is 1530. The fraction of sp³-hybridized carbons (Fsp3) is 0.533. The normalized spacial score (nSPS) is 16.8. The molecule has 17 heteroatoms. The van der Waals surface area contributed by atoms with E-state index in [0.29, 0.717) is 0 Å². The number of carbonyl (C=O) groups is 2. The van der Waals surface area contributed by atoms with Crippen molar-refractivity contribution < 1.29 is 51.4 Å². The highest BCUT2D eigenvalue weighted by Crippen LogP contribution is 2.42. The van der Waals surface area contributed by atoms with Crippen LogP contribution in [0, 0.1) is 10.1 Å². The summed E-state index contributed by atoms with van der Waals surface area (Å²) in [4.78, 5) is 37.0. The second kappa shape index (κ2) is 15.9. The minimum atomic E-state index is -4.37. The molecule has 0 aromatic heterocycles. The molecule has 260 valence electrons. The third-order valence-electron chi connectivity index (χ3n) is 8.54. The van der Waals surface area contributed by atoms with E-state index in [1.165, 1.54) is 38.4 Å². The van der Waals surface area contributed by atoms with E-state index < -0.39 is 53.5 Å². The molecule has 0 saturated carbocycles. The number of aliphatic hydroxyl groups excluding tert-OH is 1. The van der Waals surface area contributed by atoms with Gasteiger partial charge < -0.3 is 28.5 Å². The van der Waals surface area contributed by atoms with Gasteiger partial charge in [-0.3, -0.25) is 19.7 Å². The lowest BCUT2D eigenvalue weighted by molar-refractivity contribution is -0.384. The van der Waals surface area contributed by atoms with Crippen LogP contribution in [0.1, 0.15) is 43.6 Å². The topological polar surface area (TPSA) is 193 Å². The van der Waals surface area contributed by atoms with Crippen LogP contribution in [0.5, 0.6) is 5.75 Å². The van der Waals surface area contributed by atoms with Crippen molar-refractivity contribution in [1.29, 1.82) is 0 Å². The maximum absolute atomic E-state index is 13.6. The number of methoxy groups -OCH3 is 3. The van der Waals surface area contributed by atoms with Gasteiger partial charge in [0, 0.05) is 31.2 Å². The Morgan fingerprint density at radius 2 is 1.72 bits per heavy atom. The van der Waals surface area contributed by atoms with E-state index in [1.54, 1.807) is 0 Å². The molecule has 2 aromatic rings. The summed E-state index contributed by atoms with van der Waals surface area (Å²) in [6.07, 6.45) is -1.42. The number of amides is 1. The molecule has 0 radical (unpaired) electrons. The van der Waals surface area contributed by atoms with Gasteiger partial charge in [0.15, 0.2) is 15.1 Å².